The van der Waals surface area contributed by atoms with Gasteiger partial charge in [0.05, 0.1) is 0 Å². The van der Waals surface area contributed by atoms with Crippen molar-refractivity contribution in [3.05, 3.63) is 11.8 Å². The number of hydrogen-bond acceptors (Lipinski definition) is 2. The minimum atomic E-state index is 0.0988. The number of halogens is 1. The lowest BCUT2D eigenvalue weighted by Gasteiger charge is -1.97. The molecule has 0 heterocycles. The highest BCUT2D eigenvalue weighted by molar-refractivity contribution is 7.81. The standard InChI is InChI=1S/C5H10ClNS/c1-4(7)2-5(8)3-6/h2,5,8H,3,7H2,1H3/b4-2-/t5-/m0/s1. The number of rotatable bonds is 2. The normalized spacial score (nSPS) is 16.1. The van der Waals surface area contributed by atoms with Crippen LogP contribution in [0.5, 0.6) is 0 Å². The van der Waals surface area contributed by atoms with Gasteiger partial charge >= 0.3 is 0 Å². The average Bonchev–Trinajstić information content (AvgIpc) is 1.65. The third-order valence-corrected chi connectivity index (χ3v) is 1.49. The summed E-state index contributed by atoms with van der Waals surface area (Å²) in [5.41, 5.74) is 6.09. The first-order valence-electron chi connectivity index (χ1n) is 2.34. The van der Waals surface area contributed by atoms with Crippen LogP contribution in [0.4, 0.5) is 0 Å². The predicted octanol–water partition coefficient (Wildman–Crippen LogP) is 1.39. The van der Waals surface area contributed by atoms with Gasteiger partial charge < -0.3 is 5.73 Å². The third-order valence-electron chi connectivity index (χ3n) is 0.613. The smallest absolute Gasteiger partial charge is 0.0376 e. The van der Waals surface area contributed by atoms with Crippen molar-refractivity contribution in [1.29, 1.82) is 0 Å². The average molecular weight is 152 g/mol. The second-order valence-electron chi connectivity index (χ2n) is 1.63. The first-order chi connectivity index (χ1) is 3.66. The topological polar surface area (TPSA) is 26.0 Å². The van der Waals surface area contributed by atoms with Crippen molar-refractivity contribution in [3.8, 4) is 0 Å². The molecule has 0 fully saturated rings. The molecule has 3 heteroatoms. The fraction of sp³-hybridized carbons (Fsp3) is 0.600. The zero-order chi connectivity index (χ0) is 6.57. The van der Waals surface area contributed by atoms with E-state index in [0.717, 1.165) is 5.70 Å². The fourth-order valence-corrected chi connectivity index (χ4v) is 0.672. The van der Waals surface area contributed by atoms with E-state index in [-0.39, 0.29) is 5.25 Å². The highest BCUT2D eigenvalue weighted by Gasteiger charge is 1.92. The number of hydrogen-bond donors (Lipinski definition) is 2. The van der Waals surface area contributed by atoms with E-state index in [1.807, 2.05) is 13.0 Å². The van der Waals surface area contributed by atoms with Gasteiger partial charge in [-0.1, -0.05) is 6.08 Å². The Morgan fingerprint density at radius 3 is 2.62 bits per heavy atom. The Kier molecular flexibility index (Phi) is 4.19. The Morgan fingerprint density at radius 2 is 2.50 bits per heavy atom. The van der Waals surface area contributed by atoms with E-state index < -0.39 is 0 Å². The van der Waals surface area contributed by atoms with Crippen LogP contribution in [0.3, 0.4) is 0 Å². The Balaban J connectivity index is 3.51. The largest absolute Gasteiger partial charge is 0.402 e. The van der Waals surface area contributed by atoms with E-state index in [1.54, 1.807) is 0 Å². The van der Waals surface area contributed by atoms with Gasteiger partial charge in [0.25, 0.3) is 0 Å². The van der Waals surface area contributed by atoms with Crippen LogP contribution < -0.4 is 5.73 Å². The van der Waals surface area contributed by atoms with Crippen molar-refractivity contribution >= 4 is 24.2 Å². The fourth-order valence-electron chi connectivity index (χ4n) is 0.348. The van der Waals surface area contributed by atoms with Gasteiger partial charge in [0, 0.05) is 16.8 Å². The van der Waals surface area contributed by atoms with Crippen molar-refractivity contribution in [2.24, 2.45) is 5.73 Å². The van der Waals surface area contributed by atoms with Crippen molar-refractivity contribution in [2.75, 3.05) is 5.88 Å². The lowest BCUT2D eigenvalue weighted by molar-refractivity contribution is 1.19. The van der Waals surface area contributed by atoms with E-state index in [1.165, 1.54) is 0 Å². The number of nitrogens with two attached hydrogens (primary N) is 1. The van der Waals surface area contributed by atoms with Crippen LogP contribution in [0.2, 0.25) is 0 Å². The maximum Gasteiger partial charge on any atom is 0.0376 e. The van der Waals surface area contributed by atoms with Crippen LogP contribution in [-0.4, -0.2) is 11.1 Å². The Hall–Kier alpha value is 0.180. The lowest BCUT2D eigenvalue weighted by atomic mass is 10.4. The molecule has 1 atom stereocenters. The molecule has 0 unspecified atom stereocenters. The van der Waals surface area contributed by atoms with Gasteiger partial charge in [-0.2, -0.15) is 12.6 Å². The molecule has 0 saturated carbocycles. The summed E-state index contributed by atoms with van der Waals surface area (Å²) in [4.78, 5) is 0. The zero-order valence-corrected chi connectivity index (χ0v) is 6.41. The molecule has 0 aliphatic heterocycles. The highest BCUT2D eigenvalue weighted by Crippen LogP contribution is 2.00. The van der Waals surface area contributed by atoms with Gasteiger partial charge in [-0.25, -0.2) is 0 Å². The quantitative estimate of drug-likeness (QED) is 0.453. The molecule has 0 aromatic carbocycles. The van der Waals surface area contributed by atoms with Crippen molar-refractivity contribution in [3.63, 3.8) is 0 Å². The summed E-state index contributed by atoms with van der Waals surface area (Å²) in [5.74, 6) is 0.512. The van der Waals surface area contributed by atoms with Gasteiger partial charge in [0.15, 0.2) is 0 Å². The minimum absolute atomic E-state index is 0.0988. The molecular weight excluding hydrogens is 142 g/mol. The summed E-state index contributed by atoms with van der Waals surface area (Å²) in [5, 5.41) is 0.0988. The van der Waals surface area contributed by atoms with E-state index in [2.05, 4.69) is 12.6 Å². The molecule has 0 rings (SSSR count). The lowest BCUT2D eigenvalue weighted by Crippen LogP contribution is -2.00. The van der Waals surface area contributed by atoms with E-state index in [4.69, 9.17) is 17.3 Å². The summed E-state index contributed by atoms with van der Waals surface area (Å²) < 4.78 is 0. The first kappa shape index (κ1) is 8.18. The van der Waals surface area contributed by atoms with Gasteiger partial charge in [0.2, 0.25) is 0 Å². The van der Waals surface area contributed by atoms with Gasteiger partial charge in [-0.15, -0.1) is 11.6 Å². The van der Waals surface area contributed by atoms with Crippen LogP contribution in [0.15, 0.2) is 11.8 Å². The molecule has 1 nitrogen and oxygen atoms in total. The third kappa shape index (κ3) is 4.34. The van der Waals surface area contributed by atoms with Gasteiger partial charge in [0.1, 0.15) is 0 Å². The molecular formula is C5H10ClNS. The molecule has 0 aliphatic rings. The SMILES string of the molecule is C/C(N)=C/[C@H](S)CCl. The highest BCUT2D eigenvalue weighted by atomic mass is 35.5. The van der Waals surface area contributed by atoms with Crippen molar-refractivity contribution < 1.29 is 0 Å². The molecule has 0 radical (unpaired) electrons. The molecule has 48 valence electrons. The molecule has 0 saturated heterocycles. The number of allylic oxidation sites excluding steroid dienone is 1. The molecule has 0 spiro atoms. The Labute approximate surface area is 60.3 Å². The molecule has 0 aromatic rings. The molecule has 0 amide bonds. The molecule has 2 N–H and O–H groups in total. The van der Waals surface area contributed by atoms with Crippen LogP contribution in [-0.2, 0) is 0 Å². The monoisotopic (exact) mass is 151 g/mol. The zero-order valence-electron chi connectivity index (χ0n) is 4.76. The summed E-state index contributed by atoms with van der Waals surface area (Å²) in [6.07, 6.45) is 1.82. The van der Waals surface area contributed by atoms with Crippen LogP contribution >= 0.6 is 24.2 Å². The Morgan fingerprint density at radius 1 is 2.00 bits per heavy atom. The van der Waals surface area contributed by atoms with Gasteiger partial charge in [-0.05, 0) is 6.92 Å². The van der Waals surface area contributed by atoms with E-state index >= 15 is 0 Å². The first-order valence-corrected chi connectivity index (χ1v) is 3.40. The van der Waals surface area contributed by atoms with Crippen LogP contribution in [0.25, 0.3) is 0 Å². The number of thiol groups is 1. The summed E-state index contributed by atoms with van der Waals surface area (Å²) in [7, 11) is 0. The molecule has 8 heavy (non-hydrogen) atoms. The summed E-state index contributed by atoms with van der Waals surface area (Å²) in [6.45, 7) is 1.82. The van der Waals surface area contributed by atoms with Crippen molar-refractivity contribution in [1.82, 2.24) is 0 Å². The second kappa shape index (κ2) is 4.10. The van der Waals surface area contributed by atoms with E-state index in [9.17, 15) is 0 Å². The molecule has 0 aliphatic carbocycles. The second-order valence-corrected chi connectivity index (χ2v) is 2.60. The maximum atomic E-state index is 5.42. The minimum Gasteiger partial charge on any atom is -0.402 e. The predicted molar refractivity (Wildman–Crippen MR) is 41.4 cm³/mol. The maximum absolute atomic E-state index is 5.42. The summed E-state index contributed by atoms with van der Waals surface area (Å²) in [6, 6.07) is 0. The number of alkyl halides is 1. The molecule has 0 bridgehead atoms. The van der Waals surface area contributed by atoms with E-state index in [0.29, 0.717) is 5.88 Å². The van der Waals surface area contributed by atoms with Gasteiger partial charge in [-0.3, -0.25) is 0 Å². The van der Waals surface area contributed by atoms with Crippen molar-refractivity contribution in [2.45, 2.75) is 12.2 Å². The summed E-state index contributed by atoms with van der Waals surface area (Å²) >= 11 is 9.50. The Bertz CT molecular complexity index is 88.4. The molecule has 0 aromatic heterocycles. The van der Waals surface area contributed by atoms with Crippen LogP contribution in [0, 0.1) is 0 Å². The van der Waals surface area contributed by atoms with Crippen LogP contribution in [0.1, 0.15) is 6.92 Å².